The van der Waals surface area contributed by atoms with Crippen molar-refractivity contribution in [1.29, 1.82) is 0 Å². The van der Waals surface area contributed by atoms with Gasteiger partial charge >= 0.3 is 0 Å². The first-order chi connectivity index (χ1) is 8.86. The van der Waals surface area contributed by atoms with Gasteiger partial charge in [0.15, 0.2) is 0 Å². The maximum absolute atomic E-state index is 11.6. The topological polar surface area (TPSA) is 38.3 Å². The maximum Gasteiger partial charge on any atom is 0.261 e. The molecule has 0 aliphatic rings. The lowest BCUT2D eigenvalue weighted by molar-refractivity contribution is 0.0904. The highest BCUT2D eigenvalue weighted by Gasteiger charge is 2.04. The van der Waals surface area contributed by atoms with Crippen molar-refractivity contribution in [2.75, 3.05) is 13.2 Å². The summed E-state index contributed by atoms with van der Waals surface area (Å²) < 4.78 is 5.48. The van der Waals surface area contributed by atoms with Crippen LogP contribution in [0.5, 0.6) is 0 Å². The van der Waals surface area contributed by atoms with Crippen LogP contribution in [-0.2, 0) is 11.3 Å². The SMILES string of the molecule is O=C(NCCOCc1ccccc1)c1cccs1. The van der Waals surface area contributed by atoms with Crippen molar-refractivity contribution in [3.05, 3.63) is 58.3 Å². The van der Waals surface area contributed by atoms with Gasteiger partial charge in [-0.15, -0.1) is 11.3 Å². The number of nitrogens with one attached hydrogen (secondary N) is 1. The van der Waals surface area contributed by atoms with Gasteiger partial charge in [-0.1, -0.05) is 36.4 Å². The monoisotopic (exact) mass is 261 g/mol. The van der Waals surface area contributed by atoms with Crippen molar-refractivity contribution in [3.63, 3.8) is 0 Å². The van der Waals surface area contributed by atoms with E-state index in [2.05, 4.69) is 5.32 Å². The summed E-state index contributed by atoms with van der Waals surface area (Å²) in [5.41, 5.74) is 1.14. The molecule has 0 spiro atoms. The van der Waals surface area contributed by atoms with Crippen LogP contribution in [0, 0.1) is 0 Å². The number of carbonyl (C=O) groups excluding carboxylic acids is 1. The molecule has 4 heteroatoms. The van der Waals surface area contributed by atoms with Crippen molar-refractivity contribution in [2.45, 2.75) is 6.61 Å². The Morgan fingerprint density at radius 2 is 2.00 bits per heavy atom. The van der Waals surface area contributed by atoms with Crippen molar-refractivity contribution >= 4 is 17.2 Å². The third-order valence-electron chi connectivity index (χ3n) is 2.39. The molecule has 0 aliphatic heterocycles. The summed E-state index contributed by atoms with van der Waals surface area (Å²) in [6, 6.07) is 13.7. The van der Waals surface area contributed by atoms with Gasteiger partial charge in [0.2, 0.25) is 0 Å². The molecule has 1 aromatic heterocycles. The van der Waals surface area contributed by atoms with E-state index >= 15 is 0 Å². The van der Waals surface area contributed by atoms with Crippen LogP contribution in [-0.4, -0.2) is 19.1 Å². The van der Waals surface area contributed by atoms with Gasteiger partial charge in [0.25, 0.3) is 5.91 Å². The summed E-state index contributed by atoms with van der Waals surface area (Å²) in [5, 5.41) is 4.71. The van der Waals surface area contributed by atoms with E-state index in [1.54, 1.807) is 0 Å². The van der Waals surface area contributed by atoms with E-state index in [4.69, 9.17) is 4.74 Å². The van der Waals surface area contributed by atoms with Crippen LogP contribution in [0.25, 0.3) is 0 Å². The second-order valence-electron chi connectivity index (χ2n) is 3.77. The fraction of sp³-hybridized carbons (Fsp3) is 0.214. The van der Waals surface area contributed by atoms with Gasteiger partial charge < -0.3 is 10.1 Å². The van der Waals surface area contributed by atoms with E-state index in [1.165, 1.54) is 11.3 Å². The minimum Gasteiger partial charge on any atom is -0.375 e. The molecule has 0 unspecified atom stereocenters. The zero-order valence-electron chi connectivity index (χ0n) is 9.96. The first-order valence-electron chi connectivity index (χ1n) is 5.79. The van der Waals surface area contributed by atoms with Gasteiger partial charge in [0.1, 0.15) is 0 Å². The minimum atomic E-state index is -0.0340. The van der Waals surface area contributed by atoms with E-state index in [0.29, 0.717) is 19.8 Å². The van der Waals surface area contributed by atoms with Crippen molar-refractivity contribution in [1.82, 2.24) is 5.32 Å². The van der Waals surface area contributed by atoms with Crippen LogP contribution in [0.15, 0.2) is 47.8 Å². The van der Waals surface area contributed by atoms with Gasteiger partial charge in [0.05, 0.1) is 18.1 Å². The molecule has 1 heterocycles. The Kier molecular flexibility index (Phi) is 4.93. The Hall–Kier alpha value is -1.65. The summed E-state index contributed by atoms with van der Waals surface area (Å²) in [5.74, 6) is -0.0340. The Morgan fingerprint density at radius 3 is 2.72 bits per heavy atom. The van der Waals surface area contributed by atoms with E-state index < -0.39 is 0 Å². The highest BCUT2D eigenvalue weighted by atomic mass is 32.1. The van der Waals surface area contributed by atoms with Crippen LogP contribution < -0.4 is 5.32 Å². The number of carbonyl (C=O) groups is 1. The van der Waals surface area contributed by atoms with Crippen LogP contribution in [0.1, 0.15) is 15.2 Å². The lowest BCUT2D eigenvalue weighted by atomic mass is 10.2. The molecular formula is C14H15NO2S. The maximum atomic E-state index is 11.6. The molecule has 94 valence electrons. The summed E-state index contributed by atoms with van der Waals surface area (Å²) in [6.07, 6.45) is 0. The summed E-state index contributed by atoms with van der Waals surface area (Å²) in [6.45, 7) is 1.63. The number of thiophene rings is 1. The predicted octanol–water partition coefficient (Wildman–Crippen LogP) is 2.69. The lowest BCUT2D eigenvalue weighted by Gasteiger charge is -2.05. The smallest absolute Gasteiger partial charge is 0.261 e. The Labute approximate surface area is 110 Å². The molecule has 1 amide bonds. The van der Waals surface area contributed by atoms with Crippen molar-refractivity contribution < 1.29 is 9.53 Å². The molecule has 1 aromatic carbocycles. The molecule has 0 aliphatic carbocycles. The molecule has 0 saturated heterocycles. The number of hydrogen-bond acceptors (Lipinski definition) is 3. The van der Waals surface area contributed by atoms with Crippen LogP contribution >= 0.6 is 11.3 Å². The number of ether oxygens (including phenoxy) is 1. The number of benzene rings is 1. The zero-order chi connectivity index (χ0) is 12.6. The molecule has 0 atom stereocenters. The molecule has 2 rings (SSSR count). The Bertz CT molecular complexity index is 468. The van der Waals surface area contributed by atoms with Gasteiger partial charge in [-0.05, 0) is 17.0 Å². The highest BCUT2D eigenvalue weighted by Crippen LogP contribution is 2.07. The summed E-state index contributed by atoms with van der Waals surface area (Å²) >= 11 is 1.44. The third kappa shape index (κ3) is 3.98. The lowest BCUT2D eigenvalue weighted by Crippen LogP contribution is -2.26. The average Bonchev–Trinajstić information content (AvgIpc) is 2.93. The fourth-order valence-corrected chi connectivity index (χ4v) is 2.14. The molecule has 0 saturated carbocycles. The van der Waals surface area contributed by atoms with E-state index in [-0.39, 0.29) is 5.91 Å². The van der Waals surface area contributed by atoms with Gasteiger partial charge in [-0.25, -0.2) is 0 Å². The molecule has 0 radical (unpaired) electrons. The second-order valence-corrected chi connectivity index (χ2v) is 4.72. The van der Waals surface area contributed by atoms with Crippen LogP contribution in [0.4, 0.5) is 0 Å². The number of amides is 1. The molecule has 2 aromatic rings. The van der Waals surface area contributed by atoms with Crippen molar-refractivity contribution in [3.8, 4) is 0 Å². The van der Waals surface area contributed by atoms with Crippen LogP contribution in [0.3, 0.4) is 0 Å². The molecular weight excluding hydrogens is 246 g/mol. The molecule has 0 fully saturated rings. The second kappa shape index (κ2) is 6.93. The van der Waals surface area contributed by atoms with Gasteiger partial charge in [0, 0.05) is 6.54 Å². The van der Waals surface area contributed by atoms with Gasteiger partial charge in [-0.2, -0.15) is 0 Å². The molecule has 3 nitrogen and oxygen atoms in total. The highest BCUT2D eigenvalue weighted by molar-refractivity contribution is 7.12. The summed E-state index contributed by atoms with van der Waals surface area (Å²) in [7, 11) is 0. The first kappa shape index (κ1) is 12.8. The quantitative estimate of drug-likeness (QED) is 0.812. The first-order valence-corrected chi connectivity index (χ1v) is 6.67. The normalized spacial score (nSPS) is 10.2. The fourth-order valence-electron chi connectivity index (χ4n) is 1.50. The predicted molar refractivity (Wildman–Crippen MR) is 72.8 cm³/mol. The molecule has 18 heavy (non-hydrogen) atoms. The Morgan fingerprint density at radius 1 is 1.17 bits per heavy atom. The van der Waals surface area contributed by atoms with Gasteiger partial charge in [-0.3, -0.25) is 4.79 Å². The molecule has 0 bridgehead atoms. The number of hydrogen-bond donors (Lipinski definition) is 1. The van der Waals surface area contributed by atoms with Crippen LogP contribution in [0.2, 0.25) is 0 Å². The van der Waals surface area contributed by atoms with E-state index in [9.17, 15) is 4.79 Å². The Balaban J connectivity index is 1.61. The van der Waals surface area contributed by atoms with E-state index in [1.807, 2.05) is 47.8 Å². The number of rotatable bonds is 6. The molecule has 1 N–H and O–H groups in total. The van der Waals surface area contributed by atoms with E-state index in [0.717, 1.165) is 10.4 Å². The average molecular weight is 261 g/mol. The standard InChI is InChI=1S/C14H15NO2S/c16-14(13-7-4-10-18-13)15-8-9-17-11-12-5-2-1-3-6-12/h1-7,10H,8-9,11H2,(H,15,16). The summed E-state index contributed by atoms with van der Waals surface area (Å²) in [4.78, 5) is 12.3. The third-order valence-corrected chi connectivity index (χ3v) is 3.26. The zero-order valence-corrected chi connectivity index (χ0v) is 10.8. The largest absolute Gasteiger partial charge is 0.375 e. The minimum absolute atomic E-state index is 0.0340. The van der Waals surface area contributed by atoms with Crippen molar-refractivity contribution in [2.24, 2.45) is 0 Å².